The maximum absolute atomic E-state index is 9.18. The monoisotopic (exact) mass is 327 g/mol. The third kappa shape index (κ3) is 2.96. The van der Waals surface area contributed by atoms with E-state index in [0.29, 0.717) is 5.82 Å². The van der Waals surface area contributed by atoms with E-state index in [-0.39, 0.29) is 11.4 Å². The Morgan fingerprint density at radius 2 is 1.36 bits per heavy atom. The van der Waals surface area contributed by atoms with Gasteiger partial charge < -0.3 is 9.47 Å². The van der Waals surface area contributed by atoms with E-state index in [9.17, 15) is 5.26 Å². The highest BCUT2D eigenvalue weighted by Gasteiger charge is 2.15. The van der Waals surface area contributed by atoms with Gasteiger partial charge in [-0.05, 0) is 23.3 Å². The lowest BCUT2D eigenvalue weighted by Crippen LogP contribution is -2.07. The molecule has 5 heteroatoms. The van der Waals surface area contributed by atoms with Gasteiger partial charge in [0.15, 0.2) is 11.4 Å². The fourth-order valence-corrected chi connectivity index (χ4v) is 2.73. The molecule has 3 aromatic rings. The Morgan fingerprint density at radius 1 is 0.840 bits per heavy atom. The lowest BCUT2D eigenvalue weighted by Gasteiger charge is -2.13. The van der Waals surface area contributed by atoms with Gasteiger partial charge >= 0.3 is 0 Å². The normalized spacial score (nSPS) is 10.1. The van der Waals surface area contributed by atoms with Crippen LogP contribution in [0.2, 0.25) is 0 Å². The van der Waals surface area contributed by atoms with E-state index < -0.39 is 0 Å². The minimum Gasteiger partial charge on any atom is -0.378 e. The van der Waals surface area contributed by atoms with E-state index in [2.05, 4.69) is 34.1 Å². The lowest BCUT2D eigenvalue weighted by molar-refractivity contribution is 0.907. The van der Waals surface area contributed by atoms with Crippen molar-refractivity contribution in [2.75, 3.05) is 19.0 Å². The molecule has 0 aliphatic rings. The molecule has 0 fully saturated rings. The van der Waals surface area contributed by atoms with Gasteiger partial charge in [0.25, 0.3) is 0 Å². The third-order valence-corrected chi connectivity index (χ3v) is 4.17. The number of anilines is 1. The highest BCUT2D eigenvalue weighted by atomic mass is 15.1. The molecule has 1 aromatic heterocycles. The molecule has 25 heavy (non-hydrogen) atoms. The first kappa shape index (κ1) is 16.3. The van der Waals surface area contributed by atoms with Gasteiger partial charge in [0, 0.05) is 32.4 Å². The smallest absolute Gasteiger partial charge is 0.177 e. The summed E-state index contributed by atoms with van der Waals surface area (Å²) >= 11 is 0. The van der Waals surface area contributed by atoms with E-state index in [0.717, 1.165) is 22.4 Å². The van der Waals surface area contributed by atoms with Crippen molar-refractivity contribution < 1.29 is 0 Å². The zero-order chi connectivity index (χ0) is 18.0. The van der Waals surface area contributed by atoms with Crippen LogP contribution < -0.4 is 4.90 Å². The van der Waals surface area contributed by atoms with Crippen LogP contribution in [-0.2, 0) is 7.05 Å². The van der Waals surface area contributed by atoms with Crippen LogP contribution in [0.3, 0.4) is 0 Å². The van der Waals surface area contributed by atoms with Gasteiger partial charge in [0.05, 0.1) is 0 Å². The van der Waals surface area contributed by atoms with Crippen LogP contribution in [0.25, 0.3) is 22.5 Å². The van der Waals surface area contributed by atoms with E-state index in [4.69, 9.17) is 5.26 Å². The predicted molar refractivity (Wildman–Crippen MR) is 97.8 cm³/mol. The Balaban J connectivity index is 1.95. The van der Waals surface area contributed by atoms with Crippen LogP contribution >= 0.6 is 0 Å². The minimum atomic E-state index is 0.156. The molecule has 0 saturated carbocycles. The molecule has 122 valence electrons. The number of aromatic nitrogens is 2. The van der Waals surface area contributed by atoms with Gasteiger partial charge in [-0.2, -0.15) is 10.5 Å². The van der Waals surface area contributed by atoms with Gasteiger partial charge in [-0.15, -0.1) is 0 Å². The first-order chi connectivity index (χ1) is 12.0. The fraction of sp³-hybridized carbons (Fsp3) is 0.150. The van der Waals surface area contributed by atoms with Gasteiger partial charge in [0.1, 0.15) is 18.0 Å². The van der Waals surface area contributed by atoms with Crippen molar-refractivity contribution in [1.29, 1.82) is 10.5 Å². The van der Waals surface area contributed by atoms with E-state index in [1.807, 2.05) is 50.5 Å². The van der Waals surface area contributed by atoms with Crippen LogP contribution in [0, 0.1) is 22.7 Å². The molecular weight excluding hydrogens is 310 g/mol. The number of rotatable bonds is 3. The molecule has 2 aromatic carbocycles. The first-order valence-corrected chi connectivity index (χ1v) is 7.80. The molecule has 5 nitrogen and oxygen atoms in total. The molecule has 0 aliphatic heterocycles. The lowest BCUT2D eigenvalue weighted by atomic mass is 10.0. The Kier molecular flexibility index (Phi) is 4.24. The van der Waals surface area contributed by atoms with Gasteiger partial charge in [-0.1, -0.05) is 36.4 Å². The summed E-state index contributed by atoms with van der Waals surface area (Å²) in [5.41, 5.74) is 4.69. The summed E-state index contributed by atoms with van der Waals surface area (Å²) in [7, 11) is 5.78. The maximum Gasteiger partial charge on any atom is 0.177 e. The molecule has 1 heterocycles. The predicted octanol–water partition coefficient (Wildman–Crippen LogP) is 3.56. The van der Waals surface area contributed by atoms with E-state index >= 15 is 0 Å². The summed E-state index contributed by atoms with van der Waals surface area (Å²) in [4.78, 5) is 6.34. The molecule has 0 aliphatic carbocycles. The van der Waals surface area contributed by atoms with Crippen molar-refractivity contribution in [2.24, 2.45) is 7.05 Å². The summed E-state index contributed by atoms with van der Waals surface area (Å²) in [6.07, 6.45) is 0. The standard InChI is InChI=1S/C20H17N5/c1-24(2)17-10-8-15(9-11-17)14-4-6-16(7-5-14)20-23-18(12-21)19(13-22)25(20)3/h4-11H,1-3H3. The SMILES string of the molecule is CN(C)c1ccc(-c2ccc(-c3nc(C#N)c(C#N)n3C)cc2)cc1. The molecule has 3 rings (SSSR count). The number of nitriles is 2. The molecule has 0 N–H and O–H groups in total. The van der Waals surface area contributed by atoms with Crippen molar-refractivity contribution in [3.63, 3.8) is 0 Å². The molecule has 0 saturated heterocycles. The Morgan fingerprint density at radius 3 is 1.80 bits per heavy atom. The zero-order valence-electron chi connectivity index (χ0n) is 14.4. The number of hydrogen-bond donors (Lipinski definition) is 0. The summed E-state index contributed by atoms with van der Waals surface area (Å²) < 4.78 is 1.65. The Bertz CT molecular complexity index is 981. The van der Waals surface area contributed by atoms with Gasteiger partial charge in [-0.25, -0.2) is 4.98 Å². The van der Waals surface area contributed by atoms with Crippen molar-refractivity contribution in [1.82, 2.24) is 9.55 Å². The summed E-state index contributed by atoms with van der Waals surface area (Å²) in [5.74, 6) is 0.614. The number of imidazole rings is 1. The first-order valence-electron chi connectivity index (χ1n) is 7.80. The number of nitrogens with zero attached hydrogens (tertiary/aromatic N) is 5. The zero-order valence-corrected chi connectivity index (χ0v) is 14.4. The van der Waals surface area contributed by atoms with Crippen molar-refractivity contribution in [3.8, 4) is 34.7 Å². The van der Waals surface area contributed by atoms with Crippen molar-refractivity contribution >= 4 is 5.69 Å². The topological polar surface area (TPSA) is 68.6 Å². The Hall–Kier alpha value is -3.57. The molecule has 0 amide bonds. The van der Waals surface area contributed by atoms with Crippen molar-refractivity contribution in [2.45, 2.75) is 0 Å². The second-order valence-electron chi connectivity index (χ2n) is 5.93. The van der Waals surface area contributed by atoms with Crippen LogP contribution in [0.4, 0.5) is 5.69 Å². The molecule has 0 radical (unpaired) electrons. The second-order valence-corrected chi connectivity index (χ2v) is 5.93. The Labute approximate surface area is 147 Å². The molecule has 0 unspecified atom stereocenters. The highest BCUT2D eigenvalue weighted by Crippen LogP contribution is 2.26. The van der Waals surface area contributed by atoms with Crippen molar-refractivity contribution in [3.05, 3.63) is 59.9 Å². The average molecular weight is 327 g/mol. The molecule has 0 atom stereocenters. The number of benzene rings is 2. The summed E-state index contributed by atoms with van der Waals surface area (Å²) in [6.45, 7) is 0. The van der Waals surface area contributed by atoms with Crippen LogP contribution in [0.1, 0.15) is 11.4 Å². The van der Waals surface area contributed by atoms with Crippen LogP contribution in [0.15, 0.2) is 48.5 Å². The number of hydrogen-bond acceptors (Lipinski definition) is 4. The molecule has 0 bridgehead atoms. The highest BCUT2D eigenvalue weighted by molar-refractivity contribution is 5.70. The van der Waals surface area contributed by atoms with Crippen LogP contribution in [-0.4, -0.2) is 23.6 Å². The fourth-order valence-electron chi connectivity index (χ4n) is 2.73. The van der Waals surface area contributed by atoms with Gasteiger partial charge in [-0.3, -0.25) is 0 Å². The average Bonchev–Trinajstić information content (AvgIpc) is 2.97. The minimum absolute atomic E-state index is 0.156. The summed E-state index contributed by atoms with van der Waals surface area (Å²) in [5, 5.41) is 18.3. The maximum atomic E-state index is 9.18. The second kappa shape index (κ2) is 6.51. The summed E-state index contributed by atoms with van der Waals surface area (Å²) in [6, 6.07) is 20.3. The van der Waals surface area contributed by atoms with Gasteiger partial charge in [0.2, 0.25) is 0 Å². The molecule has 0 spiro atoms. The quantitative estimate of drug-likeness (QED) is 0.737. The van der Waals surface area contributed by atoms with E-state index in [1.165, 1.54) is 0 Å². The molecular formula is C20H17N5. The van der Waals surface area contributed by atoms with E-state index in [1.54, 1.807) is 11.6 Å². The van der Waals surface area contributed by atoms with Crippen LogP contribution in [0.5, 0.6) is 0 Å². The largest absolute Gasteiger partial charge is 0.378 e. The third-order valence-electron chi connectivity index (χ3n) is 4.17.